The van der Waals surface area contributed by atoms with Gasteiger partial charge in [0, 0.05) is 16.4 Å². The molecule has 0 spiro atoms. The molecule has 2 unspecified atom stereocenters. The normalized spacial score (nSPS) is 22.3. The number of rotatable bonds is 5. The lowest BCUT2D eigenvalue weighted by molar-refractivity contribution is -0.123. The molecular weight excluding hydrogens is 342 g/mol. The first kappa shape index (κ1) is 15.6. The fourth-order valence-corrected chi connectivity index (χ4v) is 3.35. The summed E-state index contributed by atoms with van der Waals surface area (Å²) in [4.78, 5) is 12.3. The maximum Gasteiger partial charge on any atom is 0.257 e. The molecule has 0 heterocycles. The first-order valence-electron chi connectivity index (χ1n) is 6.94. The van der Waals surface area contributed by atoms with Crippen molar-refractivity contribution in [2.75, 3.05) is 13.2 Å². The molecule has 5 heteroatoms. The van der Waals surface area contributed by atoms with Crippen molar-refractivity contribution in [3.63, 3.8) is 0 Å². The Morgan fingerprint density at radius 2 is 2.20 bits per heavy atom. The third-order valence-electron chi connectivity index (χ3n) is 3.54. The molecule has 20 heavy (non-hydrogen) atoms. The van der Waals surface area contributed by atoms with Crippen LogP contribution in [0.4, 0.5) is 0 Å². The molecule has 0 radical (unpaired) electrons. The van der Waals surface area contributed by atoms with Crippen molar-refractivity contribution in [1.29, 1.82) is 0 Å². The van der Waals surface area contributed by atoms with Gasteiger partial charge < -0.3 is 10.1 Å². The maximum atomic E-state index is 11.8. The van der Waals surface area contributed by atoms with E-state index in [0.29, 0.717) is 28.1 Å². The molecule has 1 N–H and O–H groups in total. The van der Waals surface area contributed by atoms with Crippen molar-refractivity contribution in [3.8, 4) is 5.75 Å². The number of hydrogen-bond donors (Lipinski definition) is 1. The van der Waals surface area contributed by atoms with Crippen LogP contribution >= 0.6 is 27.5 Å². The van der Waals surface area contributed by atoms with Gasteiger partial charge in [0.1, 0.15) is 5.75 Å². The average Bonchev–Trinajstić information content (AvgIpc) is 2.44. The van der Waals surface area contributed by atoms with Gasteiger partial charge in [-0.25, -0.2) is 0 Å². The van der Waals surface area contributed by atoms with Crippen molar-refractivity contribution < 1.29 is 9.53 Å². The smallest absolute Gasteiger partial charge is 0.257 e. The Morgan fingerprint density at radius 1 is 1.40 bits per heavy atom. The number of carbonyl (C=O) groups is 1. The molecule has 2 atom stereocenters. The molecule has 0 bridgehead atoms. The standard InChI is InChI=1S/C15H19BrClNO2/c16-14-7-2-1-4-11(14)9-18-15(19)10-20-13-6-3-5-12(17)8-13/h3,5-6,8,11,14H,1-2,4,7,9-10H2,(H,18,19). The second kappa shape index (κ2) is 7.89. The third kappa shape index (κ3) is 4.98. The minimum absolute atomic E-state index is 0.0278. The van der Waals surface area contributed by atoms with E-state index in [2.05, 4.69) is 21.2 Å². The summed E-state index contributed by atoms with van der Waals surface area (Å²) in [6, 6.07) is 7.06. The number of hydrogen-bond acceptors (Lipinski definition) is 2. The third-order valence-corrected chi connectivity index (χ3v) is 4.98. The molecule has 3 nitrogen and oxygen atoms in total. The summed E-state index contributed by atoms with van der Waals surface area (Å²) in [6.45, 7) is 0.744. The van der Waals surface area contributed by atoms with E-state index >= 15 is 0 Å². The monoisotopic (exact) mass is 359 g/mol. The molecule has 1 aliphatic rings. The van der Waals surface area contributed by atoms with Crippen LogP contribution in [0, 0.1) is 5.92 Å². The van der Waals surface area contributed by atoms with Gasteiger partial charge in [0.15, 0.2) is 6.61 Å². The van der Waals surface area contributed by atoms with Crippen LogP contribution in [0.25, 0.3) is 0 Å². The highest BCUT2D eigenvalue weighted by atomic mass is 79.9. The summed E-state index contributed by atoms with van der Waals surface area (Å²) in [6.07, 6.45) is 4.89. The van der Waals surface area contributed by atoms with Gasteiger partial charge in [-0.1, -0.05) is 46.4 Å². The number of amides is 1. The molecular formula is C15H19BrClNO2. The highest BCUT2D eigenvalue weighted by molar-refractivity contribution is 9.09. The zero-order valence-electron chi connectivity index (χ0n) is 11.3. The molecule has 110 valence electrons. The lowest BCUT2D eigenvalue weighted by atomic mass is 9.89. The summed E-state index contributed by atoms with van der Waals surface area (Å²) in [5.74, 6) is 1.05. The number of halogens is 2. The first-order chi connectivity index (χ1) is 9.65. The first-order valence-corrected chi connectivity index (χ1v) is 8.23. The fourth-order valence-electron chi connectivity index (χ4n) is 2.39. The Labute approximate surface area is 133 Å². The molecule has 1 aliphatic carbocycles. The van der Waals surface area contributed by atoms with Gasteiger partial charge in [0.25, 0.3) is 5.91 Å². The largest absolute Gasteiger partial charge is 0.484 e. The van der Waals surface area contributed by atoms with Gasteiger partial charge in [0.05, 0.1) is 0 Å². The van der Waals surface area contributed by atoms with Crippen molar-refractivity contribution in [3.05, 3.63) is 29.3 Å². The van der Waals surface area contributed by atoms with E-state index in [9.17, 15) is 4.79 Å². The van der Waals surface area contributed by atoms with Crippen molar-refractivity contribution in [2.24, 2.45) is 5.92 Å². The topological polar surface area (TPSA) is 38.3 Å². The van der Waals surface area contributed by atoms with Crippen LogP contribution in [0.15, 0.2) is 24.3 Å². The molecule has 1 aromatic carbocycles. The van der Waals surface area contributed by atoms with E-state index in [-0.39, 0.29) is 12.5 Å². The molecule has 1 saturated carbocycles. The summed E-state index contributed by atoms with van der Waals surface area (Å²) in [5, 5.41) is 3.54. The minimum atomic E-state index is -0.0877. The highest BCUT2D eigenvalue weighted by Gasteiger charge is 2.22. The van der Waals surface area contributed by atoms with Crippen LogP contribution in [0.3, 0.4) is 0 Å². The maximum absolute atomic E-state index is 11.8. The average molecular weight is 361 g/mol. The predicted molar refractivity (Wildman–Crippen MR) is 84.6 cm³/mol. The van der Waals surface area contributed by atoms with Crippen LogP contribution in [0.5, 0.6) is 5.75 Å². The second-order valence-electron chi connectivity index (χ2n) is 5.11. The number of nitrogens with one attached hydrogen (secondary N) is 1. The SMILES string of the molecule is O=C(COc1cccc(Cl)c1)NCC1CCCCC1Br. The Bertz CT molecular complexity index is 455. The van der Waals surface area contributed by atoms with Gasteiger partial charge in [-0.05, 0) is 37.0 Å². The number of ether oxygens (including phenoxy) is 1. The lowest BCUT2D eigenvalue weighted by Gasteiger charge is -2.27. The summed E-state index contributed by atoms with van der Waals surface area (Å²) in [7, 11) is 0. The molecule has 1 aromatic rings. The van der Waals surface area contributed by atoms with Gasteiger partial charge in [0.2, 0.25) is 0 Å². The zero-order chi connectivity index (χ0) is 14.4. The van der Waals surface area contributed by atoms with Crippen LogP contribution in [-0.2, 0) is 4.79 Å². The number of carbonyl (C=O) groups excluding carboxylic acids is 1. The minimum Gasteiger partial charge on any atom is -0.484 e. The van der Waals surface area contributed by atoms with Crippen molar-refractivity contribution in [2.45, 2.75) is 30.5 Å². The Hall–Kier alpha value is -0.740. The van der Waals surface area contributed by atoms with Gasteiger partial charge in [-0.2, -0.15) is 0 Å². The number of alkyl halides is 1. The Kier molecular flexibility index (Phi) is 6.17. The molecule has 1 fully saturated rings. The van der Waals surface area contributed by atoms with Crippen molar-refractivity contribution >= 4 is 33.4 Å². The second-order valence-corrected chi connectivity index (χ2v) is 6.72. The molecule has 0 aromatic heterocycles. The van der Waals surface area contributed by atoms with Gasteiger partial charge in [-0.15, -0.1) is 0 Å². The Morgan fingerprint density at radius 3 is 2.95 bits per heavy atom. The lowest BCUT2D eigenvalue weighted by Crippen LogP contribution is -2.36. The summed E-state index contributed by atoms with van der Waals surface area (Å²) in [5.41, 5.74) is 0. The van der Waals surface area contributed by atoms with Gasteiger partial charge >= 0.3 is 0 Å². The van der Waals surface area contributed by atoms with Crippen molar-refractivity contribution in [1.82, 2.24) is 5.32 Å². The molecule has 0 aliphatic heterocycles. The van der Waals surface area contributed by atoms with E-state index in [1.807, 2.05) is 0 Å². The molecule has 2 rings (SSSR count). The van der Waals surface area contributed by atoms with Gasteiger partial charge in [-0.3, -0.25) is 4.79 Å². The molecule has 0 saturated heterocycles. The van der Waals surface area contributed by atoms with E-state index in [0.717, 1.165) is 0 Å². The predicted octanol–water partition coefficient (Wildman–Crippen LogP) is 3.79. The summed E-state index contributed by atoms with van der Waals surface area (Å²) < 4.78 is 5.41. The highest BCUT2D eigenvalue weighted by Crippen LogP contribution is 2.29. The van der Waals surface area contributed by atoms with E-state index in [1.165, 1.54) is 25.7 Å². The fraction of sp³-hybridized carbons (Fsp3) is 0.533. The van der Waals surface area contributed by atoms with E-state index in [4.69, 9.17) is 16.3 Å². The number of benzene rings is 1. The van der Waals surface area contributed by atoms with Crippen LogP contribution in [0.1, 0.15) is 25.7 Å². The quantitative estimate of drug-likeness (QED) is 0.811. The Balaban J connectivity index is 1.70. The van der Waals surface area contributed by atoms with E-state index < -0.39 is 0 Å². The molecule has 1 amide bonds. The zero-order valence-corrected chi connectivity index (χ0v) is 13.6. The van der Waals surface area contributed by atoms with E-state index in [1.54, 1.807) is 24.3 Å². The van der Waals surface area contributed by atoms with Crippen LogP contribution < -0.4 is 10.1 Å². The summed E-state index contributed by atoms with van der Waals surface area (Å²) >= 11 is 9.54. The van der Waals surface area contributed by atoms with Crippen LogP contribution in [-0.4, -0.2) is 23.9 Å². The van der Waals surface area contributed by atoms with Crippen LogP contribution in [0.2, 0.25) is 5.02 Å².